The van der Waals surface area contributed by atoms with Crippen LogP contribution in [0.4, 0.5) is 17.6 Å². The molecule has 52 heavy (non-hydrogen) atoms. The van der Waals surface area contributed by atoms with E-state index in [1.165, 1.54) is 35.7 Å². The summed E-state index contributed by atoms with van der Waals surface area (Å²) in [5.74, 6) is -4.39. The Bertz CT molecular complexity index is 1980. The maximum atomic E-state index is 14.7. The fraction of sp³-hybridized carbons (Fsp3) is 0.432. The van der Waals surface area contributed by atoms with Crippen LogP contribution >= 0.6 is 11.3 Å². The van der Waals surface area contributed by atoms with E-state index in [0.29, 0.717) is 29.1 Å². The van der Waals surface area contributed by atoms with Crippen molar-refractivity contribution in [3.63, 3.8) is 0 Å². The molecule has 1 aliphatic rings. The van der Waals surface area contributed by atoms with Gasteiger partial charge in [0.05, 0.1) is 23.5 Å². The van der Waals surface area contributed by atoms with E-state index in [4.69, 9.17) is 0 Å². The molecule has 3 amide bonds. The average molecular weight is 744 g/mol. The van der Waals surface area contributed by atoms with Crippen LogP contribution in [0.1, 0.15) is 90.9 Å². The fourth-order valence-electron chi connectivity index (χ4n) is 6.61. The van der Waals surface area contributed by atoms with Gasteiger partial charge in [-0.05, 0) is 47.9 Å². The van der Waals surface area contributed by atoms with Crippen LogP contribution in [-0.2, 0) is 39.8 Å². The third-order valence-electron chi connectivity index (χ3n) is 10.0. The van der Waals surface area contributed by atoms with Crippen molar-refractivity contribution in [3.05, 3.63) is 86.7 Å². The zero-order valence-electron chi connectivity index (χ0n) is 29.1. The summed E-state index contributed by atoms with van der Waals surface area (Å²) in [6.07, 6.45) is -4.03. The summed E-state index contributed by atoms with van der Waals surface area (Å²) in [6, 6.07) is 7.68. The molecule has 10 nitrogen and oxygen atoms in total. The van der Waals surface area contributed by atoms with Gasteiger partial charge in [0, 0.05) is 22.9 Å². The molecule has 2 aromatic heterocycles. The predicted molar refractivity (Wildman–Crippen MR) is 187 cm³/mol. The van der Waals surface area contributed by atoms with Crippen molar-refractivity contribution in [1.82, 2.24) is 25.9 Å². The molecule has 0 bridgehead atoms. The van der Waals surface area contributed by atoms with E-state index in [-0.39, 0.29) is 53.8 Å². The molecule has 0 fully saturated rings. The summed E-state index contributed by atoms with van der Waals surface area (Å²) in [4.78, 5) is 60.9. The van der Waals surface area contributed by atoms with Crippen molar-refractivity contribution in [3.8, 4) is 0 Å². The zero-order chi connectivity index (χ0) is 38.0. The first-order valence-electron chi connectivity index (χ1n) is 17.1. The van der Waals surface area contributed by atoms with E-state index < -0.39 is 64.8 Å². The van der Waals surface area contributed by atoms with Gasteiger partial charge in [0.1, 0.15) is 22.4 Å². The van der Waals surface area contributed by atoms with Gasteiger partial charge in [0.2, 0.25) is 17.7 Å². The number of aryl methyl sites for hydroxylation is 1. The Hall–Kier alpha value is -4.79. The lowest BCUT2D eigenvalue weighted by molar-refractivity contribution is -0.137. The number of carboxylic acid groups (broad SMARTS) is 1. The quantitative estimate of drug-likeness (QED) is 0.0986. The summed E-state index contributed by atoms with van der Waals surface area (Å²) >= 11 is 1.07. The fourth-order valence-corrected chi connectivity index (χ4v) is 7.59. The minimum atomic E-state index is -4.65. The zero-order valence-corrected chi connectivity index (χ0v) is 29.9. The van der Waals surface area contributed by atoms with Crippen molar-refractivity contribution >= 4 is 45.9 Å². The standard InChI is InChI=1S/C37H41F4N5O5S/c1-5-19(3)29(44-28(47)16-21-10-7-8-13-25(21)38)32(48)46-36(35(51)45-30(20(4)6-2)33-43-27(18-52-33)34(49)50)15-14-26-23(17-36)22-11-9-12-24(31(22)42-26)37(39,40)41/h7-13,18-20,29-30,42H,5-6,14-17H2,1-4H3,(H,44,47)(H,45,51)(H,46,48)(H,49,50)/t19-,20-,29-,30-,36+/m0/s1. The van der Waals surface area contributed by atoms with E-state index in [1.54, 1.807) is 13.0 Å². The van der Waals surface area contributed by atoms with E-state index in [0.717, 1.165) is 17.4 Å². The number of rotatable bonds is 13. The van der Waals surface area contributed by atoms with Crippen LogP contribution < -0.4 is 16.0 Å². The summed E-state index contributed by atoms with van der Waals surface area (Å²) in [5, 5.41) is 20.1. The number of aromatic amines is 1. The highest BCUT2D eigenvalue weighted by Crippen LogP contribution is 2.40. The number of aromatic nitrogens is 2. The minimum Gasteiger partial charge on any atom is -0.476 e. The number of benzene rings is 2. The predicted octanol–water partition coefficient (Wildman–Crippen LogP) is 6.50. The highest BCUT2D eigenvalue weighted by atomic mass is 32.1. The third kappa shape index (κ3) is 7.98. The smallest absolute Gasteiger partial charge is 0.418 e. The third-order valence-corrected chi connectivity index (χ3v) is 11.0. The first-order chi connectivity index (χ1) is 24.6. The lowest BCUT2D eigenvalue weighted by Gasteiger charge is -2.39. The molecule has 5 N–H and O–H groups in total. The molecule has 1 aliphatic carbocycles. The molecular weight excluding hydrogens is 702 g/mol. The van der Waals surface area contributed by atoms with Gasteiger partial charge in [-0.3, -0.25) is 14.4 Å². The molecule has 0 saturated heterocycles. The molecule has 0 spiro atoms. The number of hydrogen-bond acceptors (Lipinski definition) is 6. The van der Waals surface area contributed by atoms with E-state index in [2.05, 4.69) is 25.9 Å². The number of alkyl halides is 3. The first-order valence-corrected chi connectivity index (χ1v) is 18.0. The van der Waals surface area contributed by atoms with Gasteiger partial charge in [0.15, 0.2) is 5.69 Å². The molecule has 5 atom stereocenters. The summed E-state index contributed by atoms with van der Waals surface area (Å²) in [5.41, 5.74) is -1.78. The topological polar surface area (TPSA) is 153 Å². The molecule has 278 valence electrons. The van der Waals surface area contributed by atoms with Crippen LogP contribution in [0.15, 0.2) is 47.8 Å². The number of carboxylic acids is 1. The van der Waals surface area contributed by atoms with Crippen molar-refractivity contribution in [2.45, 2.75) is 90.0 Å². The molecule has 0 aliphatic heterocycles. The summed E-state index contributed by atoms with van der Waals surface area (Å²) in [7, 11) is 0. The van der Waals surface area contributed by atoms with Crippen LogP contribution in [0.25, 0.3) is 10.9 Å². The Kier molecular flexibility index (Phi) is 11.4. The average Bonchev–Trinajstić information content (AvgIpc) is 3.74. The number of para-hydroxylation sites is 1. The maximum Gasteiger partial charge on any atom is 0.418 e. The van der Waals surface area contributed by atoms with Gasteiger partial charge in [-0.2, -0.15) is 13.2 Å². The number of nitrogens with zero attached hydrogens (tertiary/aromatic N) is 1. The molecule has 2 aromatic carbocycles. The van der Waals surface area contributed by atoms with Gasteiger partial charge in [-0.15, -0.1) is 11.3 Å². The minimum absolute atomic E-state index is 0.00633. The van der Waals surface area contributed by atoms with Crippen LogP contribution in [0.3, 0.4) is 0 Å². The number of fused-ring (bicyclic) bond motifs is 3. The molecule has 2 heterocycles. The summed E-state index contributed by atoms with van der Waals surface area (Å²) in [6.45, 7) is 7.33. The lowest BCUT2D eigenvalue weighted by atomic mass is 9.78. The molecule has 0 saturated carbocycles. The second-order valence-electron chi connectivity index (χ2n) is 13.5. The Balaban J connectivity index is 1.53. The van der Waals surface area contributed by atoms with E-state index >= 15 is 0 Å². The maximum absolute atomic E-state index is 14.7. The Labute approximate surface area is 301 Å². The Morgan fingerprint density at radius 2 is 1.73 bits per heavy atom. The van der Waals surface area contributed by atoms with Crippen LogP contribution in [0, 0.1) is 17.7 Å². The largest absolute Gasteiger partial charge is 0.476 e. The van der Waals surface area contributed by atoms with Crippen LogP contribution in [-0.4, -0.2) is 50.3 Å². The van der Waals surface area contributed by atoms with Gasteiger partial charge >= 0.3 is 12.1 Å². The molecular formula is C37H41F4N5O5S. The number of carbonyl (C=O) groups is 4. The Morgan fingerprint density at radius 1 is 1.02 bits per heavy atom. The molecule has 5 rings (SSSR count). The van der Waals surface area contributed by atoms with Crippen LogP contribution in [0.2, 0.25) is 0 Å². The number of amides is 3. The molecule has 4 aromatic rings. The van der Waals surface area contributed by atoms with Crippen molar-refractivity contribution < 1.29 is 41.8 Å². The monoisotopic (exact) mass is 743 g/mol. The summed E-state index contributed by atoms with van der Waals surface area (Å²) < 4.78 is 56.4. The van der Waals surface area contributed by atoms with Crippen molar-refractivity contribution in [2.75, 3.05) is 0 Å². The van der Waals surface area contributed by atoms with Gasteiger partial charge in [0.25, 0.3) is 0 Å². The number of aromatic carboxylic acids is 1. The first kappa shape index (κ1) is 38.4. The van der Waals surface area contributed by atoms with Gasteiger partial charge < -0.3 is 26.0 Å². The number of carbonyl (C=O) groups excluding carboxylic acids is 3. The highest BCUT2D eigenvalue weighted by Gasteiger charge is 2.47. The van der Waals surface area contributed by atoms with E-state index in [9.17, 15) is 41.8 Å². The highest BCUT2D eigenvalue weighted by molar-refractivity contribution is 7.09. The number of H-pyrrole nitrogens is 1. The SMILES string of the molecule is CC[C@H](C)[C@H](NC(=O)Cc1ccccc1F)C(=O)N[C@]1(C(=O)N[C@H](c2nc(C(=O)O)cs2)[C@@H](C)CC)CCc2[nH]c3c(C(F)(F)F)cccc3c2C1. The number of thiazole rings is 1. The Morgan fingerprint density at radius 3 is 2.37 bits per heavy atom. The second-order valence-corrected chi connectivity index (χ2v) is 14.4. The number of nitrogens with one attached hydrogen (secondary N) is 4. The normalized spacial score (nSPS) is 18.2. The number of halogens is 4. The number of hydrogen-bond donors (Lipinski definition) is 5. The van der Waals surface area contributed by atoms with Gasteiger partial charge in [-0.1, -0.05) is 70.9 Å². The molecule has 15 heteroatoms. The van der Waals surface area contributed by atoms with Gasteiger partial charge in [-0.25, -0.2) is 14.2 Å². The van der Waals surface area contributed by atoms with E-state index in [1.807, 2.05) is 20.8 Å². The second kappa shape index (κ2) is 15.4. The lowest BCUT2D eigenvalue weighted by Crippen LogP contribution is -2.65. The van der Waals surface area contributed by atoms with Crippen molar-refractivity contribution in [1.29, 1.82) is 0 Å². The van der Waals surface area contributed by atoms with Crippen LogP contribution in [0.5, 0.6) is 0 Å². The molecule has 0 radical (unpaired) electrons. The molecule has 0 unspecified atom stereocenters. The van der Waals surface area contributed by atoms with Crippen molar-refractivity contribution in [2.24, 2.45) is 11.8 Å².